The highest BCUT2D eigenvalue weighted by molar-refractivity contribution is 5.84. The number of hydrogen-bond donors (Lipinski definition) is 1. The van der Waals surface area contributed by atoms with Crippen LogP contribution in [0.25, 0.3) is 5.69 Å². The number of aryl methyl sites for hydroxylation is 2. The van der Waals surface area contributed by atoms with Crippen LogP contribution >= 0.6 is 0 Å². The van der Waals surface area contributed by atoms with Gasteiger partial charge in [-0.25, -0.2) is 5.43 Å². The Morgan fingerprint density at radius 2 is 1.96 bits per heavy atom. The van der Waals surface area contributed by atoms with Crippen molar-refractivity contribution in [1.29, 1.82) is 0 Å². The Hall–Kier alpha value is -2.44. The Labute approximate surface area is 154 Å². The lowest BCUT2D eigenvalue weighted by Gasteiger charge is -2.25. The lowest BCUT2D eigenvalue weighted by molar-refractivity contribution is -0.123. The van der Waals surface area contributed by atoms with Crippen LogP contribution in [0.15, 0.2) is 35.4 Å². The van der Waals surface area contributed by atoms with Gasteiger partial charge in [-0.3, -0.25) is 9.69 Å². The van der Waals surface area contributed by atoms with Crippen molar-refractivity contribution in [2.24, 2.45) is 5.10 Å². The van der Waals surface area contributed by atoms with Crippen molar-refractivity contribution in [1.82, 2.24) is 14.9 Å². The molecule has 2 aromatic rings. The van der Waals surface area contributed by atoms with Crippen LogP contribution in [0, 0.1) is 20.8 Å². The molecule has 3 rings (SSSR count). The number of carbonyl (C=O) groups is 1. The van der Waals surface area contributed by atoms with E-state index in [1.165, 1.54) is 11.3 Å². The Bertz CT molecular complexity index is 804. The van der Waals surface area contributed by atoms with Crippen LogP contribution in [-0.4, -0.2) is 54.4 Å². The highest BCUT2D eigenvalue weighted by Crippen LogP contribution is 2.22. The Kier molecular flexibility index (Phi) is 5.85. The number of aromatic nitrogens is 1. The molecule has 1 aromatic carbocycles. The first-order valence-corrected chi connectivity index (χ1v) is 8.93. The number of hydrogen-bond acceptors (Lipinski definition) is 4. The molecule has 6 heteroatoms. The molecule has 1 saturated heterocycles. The van der Waals surface area contributed by atoms with E-state index in [0.717, 1.165) is 30.0 Å². The number of benzene rings is 1. The van der Waals surface area contributed by atoms with Crippen molar-refractivity contribution in [3.05, 3.63) is 52.8 Å². The first-order valence-electron chi connectivity index (χ1n) is 8.93. The molecule has 2 heterocycles. The van der Waals surface area contributed by atoms with Gasteiger partial charge < -0.3 is 9.30 Å². The van der Waals surface area contributed by atoms with Gasteiger partial charge in [0, 0.05) is 35.7 Å². The van der Waals surface area contributed by atoms with E-state index >= 15 is 0 Å². The van der Waals surface area contributed by atoms with Gasteiger partial charge >= 0.3 is 0 Å². The zero-order valence-electron chi connectivity index (χ0n) is 15.7. The summed E-state index contributed by atoms with van der Waals surface area (Å²) in [6.07, 6.45) is 1.72. The van der Waals surface area contributed by atoms with Crippen molar-refractivity contribution in [3.8, 4) is 5.69 Å². The van der Waals surface area contributed by atoms with E-state index in [1.54, 1.807) is 6.21 Å². The Morgan fingerprint density at radius 3 is 2.69 bits per heavy atom. The number of carbonyl (C=O) groups excluding carboxylic acids is 1. The van der Waals surface area contributed by atoms with E-state index in [-0.39, 0.29) is 5.91 Å². The third-order valence-electron chi connectivity index (χ3n) is 4.69. The second-order valence-corrected chi connectivity index (χ2v) is 6.63. The predicted molar refractivity (Wildman–Crippen MR) is 103 cm³/mol. The zero-order valence-corrected chi connectivity index (χ0v) is 15.7. The first kappa shape index (κ1) is 18.4. The fourth-order valence-corrected chi connectivity index (χ4v) is 3.27. The van der Waals surface area contributed by atoms with E-state index in [4.69, 9.17) is 4.74 Å². The van der Waals surface area contributed by atoms with Gasteiger partial charge in [0.25, 0.3) is 5.91 Å². The van der Waals surface area contributed by atoms with Gasteiger partial charge in [-0.1, -0.05) is 18.2 Å². The third kappa shape index (κ3) is 4.20. The quantitative estimate of drug-likeness (QED) is 0.661. The number of para-hydroxylation sites is 1. The highest BCUT2D eigenvalue weighted by atomic mass is 16.5. The summed E-state index contributed by atoms with van der Waals surface area (Å²) in [5.41, 5.74) is 8.24. The van der Waals surface area contributed by atoms with E-state index in [9.17, 15) is 4.79 Å². The SMILES string of the molecule is Cc1ccccc1-n1c(C)cc(C=NNC(=O)CN2CCOCC2)c1C. The molecule has 1 N–H and O–H groups in total. The molecule has 26 heavy (non-hydrogen) atoms. The van der Waals surface area contributed by atoms with Gasteiger partial charge in [0.1, 0.15) is 0 Å². The maximum absolute atomic E-state index is 12.0. The van der Waals surface area contributed by atoms with E-state index < -0.39 is 0 Å². The van der Waals surface area contributed by atoms with Gasteiger partial charge in [0.05, 0.1) is 26.0 Å². The average Bonchev–Trinajstić information content (AvgIpc) is 2.90. The van der Waals surface area contributed by atoms with E-state index in [2.05, 4.69) is 59.0 Å². The molecule has 1 amide bonds. The summed E-state index contributed by atoms with van der Waals surface area (Å²) >= 11 is 0. The molecule has 0 unspecified atom stereocenters. The molecule has 138 valence electrons. The van der Waals surface area contributed by atoms with Crippen molar-refractivity contribution >= 4 is 12.1 Å². The average molecular weight is 354 g/mol. The van der Waals surface area contributed by atoms with Crippen LogP contribution in [0.4, 0.5) is 0 Å². The fourth-order valence-electron chi connectivity index (χ4n) is 3.27. The summed E-state index contributed by atoms with van der Waals surface area (Å²) in [7, 11) is 0. The molecule has 0 spiro atoms. The molecule has 0 aliphatic carbocycles. The second-order valence-electron chi connectivity index (χ2n) is 6.63. The first-order chi connectivity index (χ1) is 12.6. The van der Waals surface area contributed by atoms with Crippen molar-refractivity contribution in [3.63, 3.8) is 0 Å². The normalized spacial score (nSPS) is 15.5. The summed E-state index contributed by atoms with van der Waals surface area (Å²) in [6.45, 7) is 9.53. The van der Waals surface area contributed by atoms with E-state index in [1.807, 2.05) is 12.1 Å². The molecular formula is C20H26N4O2. The van der Waals surface area contributed by atoms with Gasteiger partial charge in [-0.05, 0) is 38.5 Å². The molecular weight excluding hydrogens is 328 g/mol. The van der Waals surface area contributed by atoms with Gasteiger partial charge in [-0.2, -0.15) is 5.10 Å². The number of ether oxygens (including phenoxy) is 1. The van der Waals surface area contributed by atoms with Gasteiger partial charge in [0.15, 0.2) is 0 Å². The summed E-state index contributed by atoms with van der Waals surface area (Å²) in [5.74, 6) is -0.101. The maximum atomic E-state index is 12.0. The van der Waals surface area contributed by atoms with Gasteiger partial charge in [-0.15, -0.1) is 0 Å². The fraction of sp³-hybridized carbons (Fsp3) is 0.400. The van der Waals surface area contributed by atoms with Crippen LogP contribution < -0.4 is 5.43 Å². The standard InChI is InChI=1S/C20H26N4O2/c1-15-6-4-5-7-19(15)24-16(2)12-18(17(24)3)13-21-22-20(25)14-23-8-10-26-11-9-23/h4-7,12-13H,8-11,14H2,1-3H3,(H,22,25). The minimum atomic E-state index is -0.101. The number of hydrazone groups is 1. The second kappa shape index (κ2) is 8.29. The maximum Gasteiger partial charge on any atom is 0.254 e. The molecule has 0 saturated carbocycles. The molecule has 1 aliphatic rings. The Morgan fingerprint density at radius 1 is 1.23 bits per heavy atom. The molecule has 0 radical (unpaired) electrons. The molecule has 0 bridgehead atoms. The van der Waals surface area contributed by atoms with Crippen LogP contribution in [0.2, 0.25) is 0 Å². The molecule has 1 aromatic heterocycles. The lowest BCUT2D eigenvalue weighted by atomic mass is 10.2. The zero-order chi connectivity index (χ0) is 18.5. The van der Waals surface area contributed by atoms with Crippen molar-refractivity contribution in [2.75, 3.05) is 32.8 Å². The molecule has 6 nitrogen and oxygen atoms in total. The van der Waals surface area contributed by atoms with Crippen molar-refractivity contribution in [2.45, 2.75) is 20.8 Å². The topological polar surface area (TPSA) is 58.9 Å². The highest BCUT2D eigenvalue weighted by Gasteiger charge is 2.14. The molecule has 0 atom stereocenters. The molecule has 1 aliphatic heterocycles. The van der Waals surface area contributed by atoms with Gasteiger partial charge in [0.2, 0.25) is 0 Å². The van der Waals surface area contributed by atoms with Crippen LogP contribution in [0.5, 0.6) is 0 Å². The van der Waals surface area contributed by atoms with E-state index in [0.29, 0.717) is 19.8 Å². The van der Waals surface area contributed by atoms with Crippen LogP contribution in [-0.2, 0) is 9.53 Å². The number of morpholine rings is 1. The summed E-state index contributed by atoms with van der Waals surface area (Å²) in [5, 5.41) is 4.14. The predicted octanol–water partition coefficient (Wildman–Crippen LogP) is 2.18. The summed E-state index contributed by atoms with van der Waals surface area (Å²) in [6, 6.07) is 10.4. The monoisotopic (exact) mass is 354 g/mol. The van der Waals surface area contributed by atoms with Crippen LogP contribution in [0.3, 0.4) is 0 Å². The molecule has 1 fully saturated rings. The number of nitrogens with zero attached hydrogens (tertiary/aromatic N) is 3. The minimum absolute atomic E-state index is 0.101. The third-order valence-corrected chi connectivity index (χ3v) is 4.69. The summed E-state index contributed by atoms with van der Waals surface area (Å²) < 4.78 is 7.50. The minimum Gasteiger partial charge on any atom is -0.379 e. The smallest absolute Gasteiger partial charge is 0.254 e. The summed E-state index contributed by atoms with van der Waals surface area (Å²) in [4.78, 5) is 14.1. The number of nitrogens with one attached hydrogen (secondary N) is 1. The number of rotatable bonds is 5. The van der Waals surface area contributed by atoms with Crippen molar-refractivity contribution < 1.29 is 9.53 Å². The number of amides is 1. The van der Waals surface area contributed by atoms with Crippen LogP contribution in [0.1, 0.15) is 22.5 Å². The Balaban J connectivity index is 1.67. The lowest BCUT2D eigenvalue weighted by Crippen LogP contribution is -2.42. The largest absolute Gasteiger partial charge is 0.379 e.